The lowest BCUT2D eigenvalue weighted by atomic mass is 9.74. The summed E-state index contributed by atoms with van der Waals surface area (Å²) in [5.41, 5.74) is 2.94. The van der Waals surface area contributed by atoms with E-state index >= 15 is 0 Å². The van der Waals surface area contributed by atoms with Gasteiger partial charge in [-0.25, -0.2) is 0 Å². The number of phenolic OH excluding ortho intramolecular Hbond substituents is 8. The van der Waals surface area contributed by atoms with Gasteiger partial charge in [-0.3, -0.25) is 0 Å². The highest BCUT2D eigenvalue weighted by Crippen LogP contribution is 2.53. The van der Waals surface area contributed by atoms with Gasteiger partial charge < -0.3 is 61.3 Å². The molecule has 0 aromatic heterocycles. The molecule has 4 atom stereocenters. The van der Waals surface area contributed by atoms with Gasteiger partial charge in [0.2, 0.25) is 0 Å². The van der Waals surface area contributed by atoms with Crippen molar-refractivity contribution in [1.29, 1.82) is 0 Å². The Morgan fingerprint density at radius 3 is 0.594 bits per heavy atom. The van der Waals surface area contributed by atoms with Crippen LogP contribution in [0.4, 0.5) is 0 Å². The Morgan fingerprint density at radius 1 is 0.297 bits per heavy atom. The van der Waals surface area contributed by atoms with E-state index in [1.165, 1.54) is 24.3 Å². The number of aromatic hydroxyl groups is 8. The van der Waals surface area contributed by atoms with Crippen molar-refractivity contribution >= 4 is 0 Å². The second-order valence-corrected chi connectivity index (χ2v) is 18.9. The summed E-state index contributed by atoms with van der Waals surface area (Å²) in [6, 6.07) is 11.8. The number of aliphatic hydroxyl groups excluding tert-OH is 4. The average molecular weight is 889 g/mol. The number of hydrogen-bond donors (Lipinski definition) is 12. The van der Waals surface area contributed by atoms with Crippen molar-refractivity contribution < 1.29 is 61.3 Å². The fraction of sp³-hybridized carbons (Fsp3) is 0.538. The lowest BCUT2D eigenvalue weighted by Gasteiger charge is -2.31. The van der Waals surface area contributed by atoms with Gasteiger partial charge in [0.15, 0.2) is 0 Å². The molecule has 0 spiro atoms. The fourth-order valence-corrected chi connectivity index (χ4v) is 10.2. The molecule has 1 aliphatic rings. The van der Waals surface area contributed by atoms with Gasteiger partial charge in [0.1, 0.15) is 46.0 Å². The molecular formula is C52H72O12. The van der Waals surface area contributed by atoms with Crippen LogP contribution in [0, 0.1) is 23.7 Å². The molecule has 0 saturated heterocycles. The van der Waals surface area contributed by atoms with E-state index in [0.29, 0.717) is 122 Å². The quantitative estimate of drug-likeness (QED) is 0.0397. The number of rotatable bonds is 20. The Hall–Kier alpha value is -4.88. The zero-order chi connectivity index (χ0) is 46.8. The largest absolute Gasteiger partial charge is 0.508 e. The van der Waals surface area contributed by atoms with Crippen LogP contribution in [0.3, 0.4) is 0 Å². The van der Waals surface area contributed by atoms with Gasteiger partial charge in [-0.1, -0.05) is 27.7 Å². The first-order valence-electron chi connectivity index (χ1n) is 23.2. The summed E-state index contributed by atoms with van der Waals surface area (Å²) in [7, 11) is 0. The summed E-state index contributed by atoms with van der Waals surface area (Å²) in [5.74, 6) is -5.12. The molecule has 12 N–H and O–H groups in total. The molecule has 352 valence electrons. The van der Waals surface area contributed by atoms with Gasteiger partial charge in [-0.15, -0.1) is 0 Å². The van der Waals surface area contributed by atoms with E-state index in [4.69, 9.17) is 0 Å². The third-order valence-corrected chi connectivity index (χ3v) is 13.7. The molecule has 5 rings (SSSR count). The van der Waals surface area contributed by atoms with Crippen LogP contribution in [0.25, 0.3) is 0 Å². The van der Waals surface area contributed by atoms with E-state index in [-0.39, 0.29) is 96.1 Å². The number of benzene rings is 4. The predicted octanol–water partition coefficient (Wildman–Crippen LogP) is 9.37. The highest BCUT2D eigenvalue weighted by molar-refractivity contribution is 5.62. The Labute approximate surface area is 377 Å². The zero-order valence-corrected chi connectivity index (χ0v) is 37.9. The van der Waals surface area contributed by atoms with Crippen LogP contribution in [0.5, 0.6) is 46.0 Å². The van der Waals surface area contributed by atoms with Gasteiger partial charge in [-0.05, 0) is 125 Å². The van der Waals surface area contributed by atoms with Crippen LogP contribution in [0.15, 0.2) is 48.5 Å². The van der Waals surface area contributed by atoms with Gasteiger partial charge in [0.05, 0.1) is 0 Å². The Morgan fingerprint density at radius 2 is 0.453 bits per heavy atom. The smallest absolute Gasteiger partial charge is 0.123 e. The topological polar surface area (TPSA) is 243 Å². The molecule has 8 bridgehead atoms. The summed E-state index contributed by atoms with van der Waals surface area (Å²) < 4.78 is 0. The molecule has 0 amide bonds. The average Bonchev–Trinajstić information content (AvgIpc) is 3.24. The van der Waals surface area contributed by atoms with E-state index in [1.54, 1.807) is 24.3 Å². The van der Waals surface area contributed by atoms with Gasteiger partial charge in [0, 0.05) is 119 Å². The third-order valence-electron chi connectivity index (χ3n) is 13.7. The molecule has 4 aromatic carbocycles. The molecule has 0 saturated carbocycles. The SMILES string of the molecule is C[C@@H](CCCO)CC1c2cc(c(O)cc2O)C(C[C@@H](C)CCCO)c2cc(c(O)cc2O)C(C[C@@H](C)CCCO)c2cc(c(O)cc2O)C(C[C@@H](C)CCCO)c2cc1c(O)cc2O. The summed E-state index contributed by atoms with van der Waals surface area (Å²) in [6.45, 7) is 7.94. The van der Waals surface area contributed by atoms with E-state index in [1.807, 2.05) is 27.7 Å². The van der Waals surface area contributed by atoms with Crippen molar-refractivity contribution in [3.63, 3.8) is 0 Å². The van der Waals surface area contributed by atoms with Gasteiger partial charge in [-0.2, -0.15) is 0 Å². The molecule has 1 aliphatic carbocycles. The van der Waals surface area contributed by atoms with Crippen LogP contribution < -0.4 is 0 Å². The first kappa shape index (κ1) is 50.1. The molecule has 0 unspecified atom stereocenters. The molecule has 4 aromatic rings. The molecule has 64 heavy (non-hydrogen) atoms. The van der Waals surface area contributed by atoms with Crippen molar-refractivity contribution in [3.05, 3.63) is 93.0 Å². The highest BCUT2D eigenvalue weighted by atomic mass is 16.3. The normalized spacial score (nSPS) is 19.2. The minimum absolute atomic E-state index is 0.0246. The fourth-order valence-electron chi connectivity index (χ4n) is 10.2. The van der Waals surface area contributed by atoms with Crippen LogP contribution in [0.1, 0.15) is 173 Å². The van der Waals surface area contributed by atoms with Crippen LogP contribution in [0.2, 0.25) is 0 Å². The Balaban J connectivity index is 1.96. The second-order valence-electron chi connectivity index (χ2n) is 18.9. The first-order valence-corrected chi connectivity index (χ1v) is 23.2. The highest BCUT2D eigenvalue weighted by Gasteiger charge is 2.35. The minimum atomic E-state index is -0.738. The summed E-state index contributed by atoms with van der Waals surface area (Å²) >= 11 is 0. The molecule has 12 nitrogen and oxygen atoms in total. The van der Waals surface area contributed by atoms with Crippen molar-refractivity contribution in [1.82, 2.24) is 0 Å². The number of phenols is 8. The third kappa shape index (κ3) is 11.9. The minimum Gasteiger partial charge on any atom is -0.508 e. The van der Waals surface area contributed by atoms with E-state index in [2.05, 4.69) is 0 Å². The van der Waals surface area contributed by atoms with Gasteiger partial charge in [0.25, 0.3) is 0 Å². The molecule has 0 fully saturated rings. The molecule has 0 aliphatic heterocycles. The lowest BCUT2D eigenvalue weighted by Crippen LogP contribution is -2.15. The van der Waals surface area contributed by atoms with Crippen molar-refractivity contribution in [2.45, 2.75) is 128 Å². The van der Waals surface area contributed by atoms with Gasteiger partial charge >= 0.3 is 0 Å². The summed E-state index contributed by atoms with van der Waals surface area (Å²) in [5, 5.41) is 134. The van der Waals surface area contributed by atoms with Crippen molar-refractivity contribution in [2.24, 2.45) is 23.7 Å². The van der Waals surface area contributed by atoms with Crippen LogP contribution in [-0.2, 0) is 0 Å². The first-order chi connectivity index (χ1) is 30.5. The molecule has 0 heterocycles. The van der Waals surface area contributed by atoms with E-state index < -0.39 is 23.7 Å². The summed E-state index contributed by atoms with van der Waals surface area (Å²) in [4.78, 5) is 0. The maximum atomic E-state index is 11.8. The molecule has 12 heteroatoms. The number of aliphatic hydroxyl groups is 4. The van der Waals surface area contributed by atoms with Crippen molar-refractivity contribution in [3.8, 4) is 46.0 Å². The molecule has 0 radical (unpaired) electrons. The standard InChI is InChI=1S/C52H72O12/c1-29(9-5-13-53)17-33-37-21-39(47(59)25-45(37)57)34(18-30(2)10-6-14-54)41-23-43(51(63)27-49(41)61)36(20-32(4)12-8-16-56)44-24-42(50(62)28-52(44)64)35(19-31(3)11-7-15-55)40-22-38(33)46(58)26-48(40)60/h21-36,53-64H,5-20H2,1-4H3/t29-,30-,31-,32-,33?,34?,35?,36?/m0/s1. The predicted molar refractivity (Wildman–Crippen MR) is 247 cm³/mol. The van der Waals surface area contributed by atoms with E-state index in [9.17, 15) is 61.3 Å². The maximum Gasteiger partial charge on any atom is 0.123 e. The zero-order valence-electron chi connectivity index (χ0n) is 37.9. The second kappa shape index (κ2) is 22.8. The maximum absolute atomic E-state index is 11.8. The van der Waals surface area contributed by atoms with Crippen LogP contribution in [-0.4, -0.2) is 87.7 Å². The molecular weight excluding hydrogens is 817 g/mol. The Bertz CT molecular complexity index is 1750. The number of fused-ring (bicyclic) bond motifs is 8. The van der Waals surface area contributed by atoms with E-state index in [0.717, 1.165) is 0 Å². The number of hydrogen-bond acceptors (Lipinski definition) is 12. The lowest BCUT2D eigenvalue weighted by molar-refractivity contribution is 0.270. The van der Waals surface area contributed by atoms with Crippen molar-refractivity contribution in [2.75, 3.05) is 26.4 Å². The Kier molecular flexibility index (Phi) is 17.9. The van der Waals surface area contributed by atoms with Crippen LogP contribution >= 0.6 is 0 Å². The summed E-state index contributed by atoms with van der Waals surface area (Å²) in [6.07, 6.45) is 6.00. The monoisotopic (exact) mass is 889 g/mol.